The Morgan fingerprint density at radius 2 is 1.83 bits per heavy atom. The van der Waals surface area contributed by atoms with Crippen molar-refractivity contribution in [2.24, 2.45) is 0 Å². The Hall–Kier alpha value is -1.43. The van der Waals surface area contributed by atoms with Crippen molar-refractivity contribution >= 4 is 5.91 Å². The van der Waals surface area contributed by atoms with Crippen LogP contribution in [-0.4, -0.2) is 51.5 Å². The normalized spacial score (nSPS) is 27.2. The lowest BCUT2D eigenvalue weighted by Crippen LogP contribution is -2.47. The van der Waals surface area contributed by atoms with Crippen LogP contribution in [0.15, 0.2) is 4.52 Å². The highest BCUT2D eigenvalue weighted by atomic mass is 16.5. The maximum Gasteiger partial charge on any atom is 0.240 e. The van der Waals surface area contributed by atoms with Gasteiger partial charge in [0.15, 0.2) is 5.82 Å². The van der Waals surface area contributed by atoms with Crippen LogP contribution in [0.2, 0.25) is 0 Å². The van der Waals surface area contributed by atoms with Gasteiger partial charge in [-0.1, -0.05) is 18.0 Å². The van der Waals surface area contributed by atoms with Gasteiger partial charge in [0, 0.05) is 12.5 Å². The van der Waals surface area contributed by atoms with Crippen molar-refractivity contribution in [1.29, 1.82) is 0 Å². The van der Waals surface area contributed by atoms with Gasteiger partial charge in [-0.15, -0.1) is 0 Å². The second-order valence-corrected chi connectivity index (χ2v) is 7.58. The van der Waals surface area contributed by atoms with E-state index in [0.29, 0.717) is 11.7 Å². The Morgan fingerprint density at radius 1 is 1.08 bits per heavy atom. The maximum absolute atomic E-state index is 13.1. The molecule has 0 unspecified atom stereocenters. The second-order valence-electron chi connectivity index (χ2n) is 7.58. The molecule has 3 fully saturated rings. The lowest BCUT2D eigenvalue weighted by molar-refractivity contribution is -0.137. The minimum absolute atomic E-state index is 0.00294. The number of nitrogens with zero attached hydrogens (tertiary/aromatic N) is 4. The number of carbonyl (C=O) groups excluding carboxylic acids is 1. The van der Waals surface area contributed by atoms with Crippen molar-refractivity contribution in [3.05, 3.63) is 11.7 Å². The van der Waals surface area contributed by atoms with Crippen molar-refractivity contribution < 1.29 is 9.32 Å². The Labute approximate surface area is 143 Å². The van der Waals surface area contributed by atoms with Crippen LogP contribution in [0, 0.1) is 0 Å². The van der Waals surface area contributed by atoms with E-state index in [9.17, 15) is 4.79 Å². The largest absolute Gasteiger partial charge is 0.339 e. The highest BCUT2D eigenvalue weighted by molar-refractivity contribution is 5.82. The van der Waals surface area contributed by atoms with Gasteiger partial charge >= 0.3 is 0 Å². The van der Waals surface area contributed by atoms with Crippen LogP contribution in [0.1, 0.15) is 82.0 Å². The van der Waals surface area contributed by atoms with Crippen LogP contribution in [0.4, 0.5) is 0 Å². The van der Waals surface area contributed by atoms with Gasteiger partial charge in [0.05, 0.1) is 12.1 Å². The fourth-order valence-corrected chi connectivity index (χ4v) is 4.06. The smallest absolute Gasteiger partial charge is 0.240 e. The monoisotopic (exact) mass is 332 g/mol. The van der Waals surface area contributed by atoms with Crippen LogP contribution in [0.5, 0.6) is 0 Å². The predicted octanol–water partition coefficient (Wildman–Crippen LogP) is 2.88. The van der Waals surface area contributed by atoms with Crippen molar-refractivity contribution in [3.8, 4) is 0 Å². The lowest BCUT2D eigenvalue weighted by Gasteiger charge is -2.32. The number of hydrogen-bond donors (Lipinski definition) is 0. The highest BCUT2D eigenvalue weighted by Gasteiger charge is 2.38. The van der Waals surface area contributed by atoms with Gasteiger partial charge in [-0.25, -0.2) is 0 Å². The van der Waals surface area contributed by atoms with Crippen molar-refractivity contribution in [2.45, 2.75) is 76.3 Å². The number of hydrogen-bond acceptors (Lipinski definition) is 5. The van der Waals surface area contributed by atoms with Crippen LogP contribution in [0.3, 0.4) is 0 Å². The summed E-state index contributed by atoms with van der Waals surface area (Å²) in [5, 5.41) is 4.19. The zero-order valence-electron chi connectivity index (χ0n) is 14.6. The molecular formula is C18H28N4O2. The van der Waals surface area contributed by atoms with Gasteiger partial charge in [-0.05, 0) is 58.5 Å². The summed E-state index contributed by atoms with van der Waals surface area (Å²) in [6.45, 7) is 4.96. The van der Waals surface area contributed by atoms with E-state index in [1.807, 2.05) is 4.90 Å². The molecule has 1 aromatic heterocycles. The summed E-state index contributed by atoms with van der Waals surface area (Å²) in [6.07, 6.45) is 9.26. The average Bonchev–Trinajstić information content (AvgIpc) is 3.23. The molecule has 3 heterocycles. The summed E-state index contributed by atoms with van der Waals surface area (Å²) in [7, 11) is 0. The zero-order chi connectivity index (χ0) is 16.5. The molecule has 6 heteroatoms. The number of carbonyl (C=O) groups is 1. The number of amides is 1. The first kappa shape index (κ1) is 16.1. The molecule has 2 saturated heterocycles. The van der Waals surface area contributed by atoms with Crippen molar-refractivity contribution in [1.82, 2.24) is 19.9 Å². The van der Waals surface area contributed by atoms with Gasteiger partial charge in [-0.3, -0.25) is 9.69 Å². The number of likely N-dealkylation sites (tertiary alicyclic amines) is 2. The molecular weight excluding hydrogens is 304 g/mol. The summed E-state index contributed by atoms with van der Waals surface area (Å²) in [4.78, 5) is 22.0. The summed E-state index contributed by atoms with van der Waals surface area (Å²) < 4.78 is 5.41. The third kappa shape index (κ3) is 3.21. The fraction of sp³-hybridized carbons (Fsp3) is 0.833. The van der Waals surface area contributed by atoms with Crippen molar-refractivity contribution in [2.75, 3.05) is 19.6 Å². The van der Waals surface area contributed by atoms with Crippen LogP contribution < -0.4 is 0 Å². The topological polar surface area (TPSA) is 62.5 Å². The maximum atomic E-state index is 13.1. The zero-order valence-corrected chi connectivity index (χ0v) is 14.6. The second kappa shape index (κ2) is 6.82. The lowest BCUT2D eigenvalue weighted by atomic mass is 10.1. The molecule has 1 amide bonds. The van der Waals surface area contributed by atoms with E-state index in [1.165, 1.54) is 25.7 Å². The molecule has 3 aliphatic rings. The quantitative estimate of drug-likeness (QED) is 0.848. The number of rotatable bonds is 4. The summed E-state index contributed by atoms with van der Waals surface area (Å²) in [6, 6.07) is -0.0401. The molecule has 1 aliphatic carbocycles. The van der Waals surface area contributed by atoms with Crippen LogP contribution >= 0.6 is 0 Å². The average molecular weight is 332 g/mol. The first-order valence-electron chi connectivity index (χ1n) is 9.62. The van der Waals surface area contributed by atoms with Gasteiger partial charge < -0.3 is 9.42 Å². The Morgan fingerprint density at radius 3 is 2.54 bits per heavy atom. The van der Waals surface area contributed by atoms with Gasteiger partial charge in [0.1, 0.15) is 0 Å². The van der Waals surface area contributed by atoms with E-state index in [2.05, 4.69) is 22.0 Å². The van der Waals surface area contributed by atoms with Gasteiger partial charge in [-0.2, -0.15) is 4.98 Å². The molecule has 1 saturated carbocycles. The van der Waals surface area contributed by atoms with E-state index in [4.69, 9.17) is 4.52 Å². The van der Waals surface area contributed by atoms with Crippen LogP contribution in [-0.2, 0) is 4.79 Å². The molecule has 0 bridgehead atoms. The molecule has 0 radical (unpaired) electrons. The summed E-state index contributed by atoms with van der Waals surface area (Å²) in [5.74, 6) is 2.18. The molecule has 2 atom stereocenters. The summed E-state index contributed by atoms with van der Waals surface area (Å²) >= 11 is 0. The van der Waals surface area contributed by atoms with E-state index in [0.717, 1.165) is 51.2 Å². The minimum Gasteiger partial charge on any atom is -0.339 e. The molecule has 0 spiro atoms. The third-order valence-electron chi connectivity index (χ3n) is 5.76. The molecule has 6 nitrogen and oxygen atoms in total. The molecule has 1 aromatic rings. The molecule has 2 aliphatic heterocycles. The highest BCUT2D eigenvalue weighted by Crippen LogP contribution is 2.40. The first-order valence-corrected chi connectivity index (χ1v) is 9.62. The third-order valence-corrected chi connectivity index (χ3v) is 5.76. The van der Waals surface area contributed by atoms with Gasteiger partial charge in [0.25, 0.3) is 0 Å². The molecule has 0 aromatic carbocycles. The SMILES string of the molecule is C[C@H](C(=O)N1CCC[C@H]1c1noc(C2CC2)n1)N1CCCCCC1. The predicted molar refractivity (Wildman–Crippen MR) is 89.5 cm³/mol. The standard InChI is InChI=1S/C18H28N4O2/c1-13(21-10-4-2-3-5-11-21)18(23)22-12-6-7-15(22)16-19-17(24-20-16)14-8-9-14/h13-15H,2-12H2,1H3/t13-,15+/m1/s1. The van der Waals surface area contributed by atoms with Crippen LogP contribution in [0.25, 0.3) is 0 Å². The van der Waals surface area contributed by atoms with E-state index >= 15 is 0 Å². The first-order chi connectivity index (χ1) is 11.7. The Balaban J connectivity index is 1.45. The van der Waals surface area contributed by atoms with Crippen molar-refractivity contribution in [3.63, 3.8) is 0 Å². The Kier molecular flexibility index (Phi) is 4.57. The minimum atomic E-state index is -0.0431. The summed E-state index contributed by atoms with van der Waals surface area (Å²) in [5.41, 5.74) is 0. The Bertz CT molecular complexity index is 575. The van der Waals surface area contributed by atoms with E-state index in [1.54, 1.807) is 0 Å². The van der Waals surface area contributed by atoms with Gasteiger partial charge in [0.2, 0.25) is 11.8 Å². The van der Waals surface area contributed by atoms with E-state index < -0.39 is 0 Å². The molecule has 24 heavy (non-hydrogen) atoms. The van der Waals surface area contributed by atoms with E-state index in [-0.39, 0.29) is 18.0 Å². The molecule has 132 valence electrons. The number of aromatic nitrogens is 2. The fourth-order valence-electron chi connectivity index (χ4n) is 4.06. The molecule has 0 N–H and O–H groups in total. The molecule has 4 rings (SSSR count).